The molecular formula is C16H22N2O4. The smallest absolute Gasteiger partial charge is 0.354 e. The second-order valence-corrected chi connectivity index (χ2v) is 5.94. The number of hydrogen-bond acceptors (Lipinski definition) is 5. The zero-order chi connectivity index (χ0) is 15.6. The number of pyridine rings is 1. The first kappa shape index (κ1) is 15.2. The fourth-order valence-corrected chi connectivity index (χ4v) is 3.62. The summed E-state index contributed by atoms with van der Waals surface area (Å²) in [7, 11) is 0. The molecule has 0 bridgehead atoms. The summed E-state index contributed by atoms with van der Waals surface area (Å²) in [5.41, 5.74) is 0.140. The highest BCUT2D eigenvalue weighted by Crippen LogP contribution is 2.51. The molecule has 120 valence electrons. The van der Waals surface area contributed by atoms with Crippen LogP contribution >= 0.6 is 0 Å². The van der Waals surface area contributed by atoms with Gasteiger partial charge in [0, 0.05) is 31.3 Å². The van der Waals surface area contributed by atoms with Crippen molar-refractivity contribution < 1.29 is 19.4 Å². The molecule has 1 aliphatic carbocycles. The molecule has 1 saturated carbocycles. The van der Waals surface area contributed by atoms with E-state index in [4.69, 9.17) is 14.6 Å². The maximum Gasteiger partial charge on any atom is 0.354 e. The third-order valence-corrected chi connectivity index (χ3v) is 4.87. The summed E-state index contributed by atoms with van der Waals surface area (Å²) in [6, 6.07) is 5.29. The minimum absolute atomic E-state index is 0.0618. The van der Waals surface area contributed by atoms with Crippen molar-refractivity contribution in [1.29, 1.82) is 0 Å². The number of rotatable bonds is 5. The summed E-state index contributed by atoms with van der Waals surface area (Å²) < 4.78 is 11.4. The van der Waals surface area contributed by atoms with Crippen LogP contribution < -0.4 is 5.32 Å². The number of aromatic carboxylic acids is 1. The van der Waals surface area contributed by atoms with Crippen molar-refractivity contribution in [2.75, 3.05) is 25.1 Å². The number of nitrogens with one attached hydrogen (secondary N) is 1. The van der Waals surface area contributed by atoms with Gasteiger partial charge in [-0.1, -0.05) is 6.07 Å². The molecule has 6 nitrogen and oxygen atoms in total. The maximum absolute atomic E-state index is 11.0. The Morgan fingerprint density at radius 3 is 2.95 bits per heavy atom. The van der Waals surface area contributed by atoms with Crippen LogP contribution in [0.5, 0.6) is 0 Å². The van der Waals surface area contributed by atoms with E-state index in [2.05, 4.69) is 10.3 Å². The zero-order valence-corrected chi connectivity index (χ0v) is 12.7. The van der Waals surface area contributed by atoms with E-state index in [1.54, 1.807) is 6.07 Å². The summed E-state index contributed by atoms with van der Waals surface area (Å²) in [5, 5.41) is 12.5. The molecule has 6 heteroatoms. The second kappa shape index (κ2) is 6.22. The van der Waals surface area contributed by atoms with Gasteiger partial charge in [-0.2, -0.15) is 0 Å². The minimum Gasteiger partial charge on any atom is -0.477 e. The molecule has 0 aromatic carbocycles. The van der Waals surface area contributed by atoms with Gasteiger partial charge in [-0.25, -0.2) is 9.78 Å². The van der Waals surface area contributed by atoms with Crippen LogP contribution in [0.2, 0.25) is 0 Å². The lowest BCUT2D eigenvalue weighted by atomic mass is 9.57. The van der Waals surface area contributed by atoms with Gasteiger partial charge in [-0.3, -0.25) is 0 Å². The van der Waals surface area contributed by atoms with E-state index in [9.17, 15) is 4.79 Å². The first-order chi connectivity index (χ1) is 10.7. The summed E-state index contributed by atoms with van der Waals surface area (Å²) in [6.07, 6.45) is 3.11. The molecular weight excluding hydrogens is 284 g/mol. The van der Waals surface area contributed by atoms with Crippen LogP contribution in [0, 0.1) is 5.41 Å². The molecule has 1 aliphatic heterocycles. The Morgan fingerprint density at radius 1 is 1.50 bits per heavy atom. The van der Waals surface area contributed by atoms with Crippen molar-refractivity contribution in [2.24, 2.45) is 5.41 Å². The fraction of sp³-hybridized carbons (Fsp3) is 0.625. The first-order valence-electron chi connectivity index (χ1n) is 7.82. The number of ether oxygens (including phenoxy) is 2. The Balaban J connectivity index is 1.74. The Bertz CT molecular complexity index is 543. The van der Waals surface area contributed by atoms with Crippen LogP contribution in [-0.4, -0.2) is 48.0 Å². The SMILES string of the molecule is CCOC1CC(Nc2cccc(C(=O)O)n2)C12CCOCC2. The van der Waals surface area contributed by atoms with Crippen LogP contribution in [0.1, 0.15) is 36.7 Å². The summed E-state index contributed by atoms with van der Waals surface area (Å²) in [5.74, 6) is -0.393. The number of carboxylic acids is 1. The van der Waals surface area contributed by atoms with Gasteiger partial charge < -0.3 is 19.9 Å². The van der Waals surface area contributed by atoms with Crippen LogP contribution in [0.3, 0.4) is 0 Å². The van der Waals surface area contributed by atoms with Crippen molar-refractivity contribution in [2.45, 2.75) is 38.3 Å². The van der Waals surface area contributed by atoms with Crippen LogP contribution in [0.4, 0.5) is 5.82 Å². The Labute approximate surface area is 129 Å². The average molecular weight is 306 g/mol. The van der Waals surface area contributed by atoms with Gasteiger partial charge in [0.15, 0.2) is 5.69 Å². The van der Waals surface area contributed by atoms with Gasteiger partial charge in [0.2, 0.25) is 0 Å². The van der Waals surface area contributed by atoms with E-state index in [1.807, 2.05) is 13.0 Å². The zero-order valence-electron chi connectivity index (χ0n) is 12.7. The molecule has 2 atom stereocenters. The van der Waals surface area contributed by atoms with Crippen molar-refractivity contribution in [3.63, 3.8) is 0 Å². The van der Waals surface area contributed by atoms with Gasteiger partial charge in [0.1, 0.15) is 5.82 Å². The third-order valence-electron chi connectivity index (χ3n) is 4.87. The second-order valence-electron chi connectivity index (χ2n) is 5.94. The van der Waals surface area contributed by atoms with Crippen LogP contribution in [0.15, 0.2) is 18.2 Å². The van der Waals surface area contributed by atoms with Gasteiger partial charge in [-0.15, -0.1) is 0 Å². The normalized spacial score (nSPS) is 26.4. The van der Waals surface area contributed by atoms with Crippen molar-refractivity contribution in [3.05, 3.63) is 23.9 Å². The Kier molecular flexibility index (Phi) is 4.31. The van der Waals surface area contributed by atoms with Crippen molar-refractivity contribution in [3.8, 4) is 0 Å². The lowest BCUT2D eigenvalue weighted by molar-refractivity contribution is -0.159. The van der Waals surface area contributed by atoms with Gasteiger partial charge in [0.05, 0.1) is 6.10 Å². The van der Waals surface area contributed by atoms with E-state index in [0.29, 0.717) is 12.4 Å². The van der Waals surface area contributed by atoms with Crippen molar-refractivity contribution in [1.82, 2.24) is 4.98 Å². The van der Waals surface area contributed by atoms with Gasteiger partial charge in [-0.05, 0) is 38.3 Å². The number of hydrogen-bond donors (Lipinski definition) is 2. The van der Waals surface area contributed by atoms with Gasteiger partial charge in [0.25, 0.3) is 0 Å². The average Bonchev–Trinajstić information content (AvgIpc) is 2.55. The molecule has 2 unspecified atom stereocenters. The Hall–Kier alpha value is -1.66. The van der Waals surface area contributed by atoms with Crippen LogP contribution in [-0.2, 0) is 9.47 Å². The number of carbonyl (C=O) groups is 1. The van der Waals surface area contributed by atoms with Crippen LogP contribution in [0.25, 0.3) is 0 Å². The van der Waals surface area contributed by atoms with E-state index in [1.165, 1.54) is 6.07 Å². The van der Waals surface area contributed by atoms with E-state index in [0.717, 1.165) is 32.5 Å². The summed E-state index contributed by atoms with van der Waals surface area (Å²) >= 11 is 0. The number of aromatic nitrogens is 1. The molecule has 3 rings (SSSR count). The quantitative estimate of drug-likeness (QED) is 0.868. The molecule has 0 amide bonds. The number of nitrogens with zero attached hydrogens (tertiary/aromatic N) is 1. The predicted molar refractivity (Wildman–Crippen MR) is 81.1 cm³/mol. The molecule has 0 radical (unpaired) electrons. The minimum atomic E-state index is -1.01. The molecule has 1 aromatic rings. The highest BCUT2D eigenvalue weighted by atomic mass is 16.5. The molecule has 1 saturated heterocycles. The summed E-state index contributed by atoms with van der Waals surface area (Å²) in [6.45, 7) is 4.24. The highest BCUT2D eigenvalue weighted by molar-refractivity contribution is 5.85. The molecule has 2 fully saturated rings. The molecule has 2 aliphatic rings. The van der Waals surface area contributed by atoms with Crippen molar-refractivity contribution >= 4 is 11.8 Å². The lowest BCUT2D eigenvalue weighted by Gasteiger charge is -2.57. The first-order valence-corrected chi connectivity index (χ1v) is 7.82. The Morgan fingerprint density at radius 2 is 2.27 bits per heavy atom. The fourth-order valence-electron chi connectivity index (χ4n) is 3.62. The van der Waals surface area contributed by atoms with E-state index >= 15 is 0 Å². The molecule has 1 aromatic heterocycles. The summed E-state index contributed by atoms with van der Waals surface area (Å²) in [4.78, 5) is 15.2. The predicted octanol–water partition coefficient (Wildman–Crippen LogP) is 2.17. The molecule has 22 heavy (non-hydrogen) atoms. The largest absolute Gasteiger partial charge is 0.477 e. The number of carboxylic acid groups (broad SMARTS) is 1. The lowest BCUT2D eigenvalue weighted by Crippen LogP contribution is -2.63. The standard InChI is InChI=1S/C16H22N2O4/c1-2-22-13-10-12(16(13)6-8-21-9-7-16)18-14-5-3-4-11(17-14)15(19)20/h3-5,12-13H,2,6-10H2,1H3,(H,17,18)(H,19,20). The van der Waals surface area contributed by atoms with Gasteiger partial charge >= 0.3 is 5.97 Å². The molecule has 1 spiro atoms. The number of anilines is 1. The monoisotopic (exact) mass is 306 g/mol. The topological polar surface area (TPSA) is 80.7 Å². The van der Waals surface area contributed by atoms with E-state index in [-0.39, 0.29) is 23.3 Å². The molecule has 2 N–H and O–H groups in total. The van der Waals surface area contributed by atoms with E-state index < -0.39 is 5.97 Å². The highest BCUT2D eigenvalue weighted by Gasteiger charge is 2.56. The third kappa shape index (κ3) is 2.68. The maximum atomic E-state index is 11.0. The molecule has 2 heterocycles.